The zero-order valence-corrected chi connectivity index (χ0v) is 29.3. The van der Waals surface area contributed by atoms with Crippen molar-refractivity contribution in [2.45, 2.75) is 6.92 Å². The van der Waals surface area contributed by atoms with Gasteiger partial charge in [0, 0.05) is 44.2 Å². The smallest absolute Gasteiger partial charge is 0.0619 e. The average Bonchev–Trinajstić information content (AvgIpc) is 3.82. The number of para-hydroxylation sites is 1. The average molecular weight is 675 g/mol. The third-order valence-electron chi connectivity index (χ3n) is 11.4. The molecule has 1 aliphatic carbocycles. The van der Waals surface area contributed by atoms with Crippen molar-refractivity contribution in [3.05, 3.63) is 188 Å². The van der Waals surface area contributed by atoms with Crippen molar-refractivity contribution in [1.82, 2.24) is 9.13 Å². The van der Waals surface area contributed by atoms with Crippen molar-refractivity contribution < 1.29 is 0 Å². The number of allylic oxidation sites excluding steroid dienone is 2. The van der Waals surface area contributed by atoms with E-state index >= 15 is 0 Å². The van der Waals surface area contributed by atoms with E-state index in [2.05, 4.69) is 193 Å². The highest BCUT2D eigenvalue weighted by Gasteiger charge is 2.23. The molecule has 1 aliphatic rings. The molecule has 8 aromatic carbocycles. The molecule has 2 heteroatoms. The van der Waals surface area contributed by atoms with Crippen molar-refractivity contribution in [3.8, 4) is 44.8 Å². The van der Waals surface area contributed by atoms with Gasteiger partial charge >= 0.3 is 0 Å². The first kappa shape index (κ1) is 29.8. The van der Waals surface area contributed by atoms with E-state index in [1.165, 1.54) is 110 Å². The number of benzene rings is 8. The van der Waals surface area contributed by atoms with Crippen molar-refractivity contribution in [3.63, 3.8) is 0 Å². The number of nitrogens with zero attached hydrogens (tertiary/aromatic N) is 2. The molecule has 0 amide bonds. The molecule has 53 heavy (non-hydrogen) atoms. The molecule has 2 aromatic heterocycles. The summed E-state index contributed by atoms with van der Waals surface area (Å²) in [6.45, 7) is 6.24. The van der Waals surface area contributed by atoms with Gasteiger partial charge in [-0.1, -0.05) is 134 Å². The Hall–Kier alpha value is -6.90. The van der Waals surface area contributed by atoms with E-state index in [9.17, 15) is 0 Å². The van der Waals surface area contributed by atoms with Crippen LogP contribution in [0.25, 0.3) is 105 Å². The third-order valence-corrected chi connectivity index (χ3v) is 11.4. The molecule has 0 unspecified atom stereocenters. The van der Waals surface area contributed by atoms with Crippen LogP contribution in [0.3, 0.4) is 0 Å². The molecule has 0 fully saturated rings. The minimum Gasteiger partial charge on any atom is -0.313 e. The molecule has 0 N–H and O–H groups in total. The Morgan fingerprint density at radius 1 is 0.472 bits per heavy atom. The highest BCUT2D eigenvalue weighted by Crippen LogP contribution is 2.48. The zero-order valence-electron chi connectivity index (χ0n) is 29.3. The number of aromatic nitrogens is 2. The van der Waals surface area contributed by atoms with Gasteiger partial charge in [-0.25, -0.2) is 0 Å². The lowest BCUT2D eigenvalue weighted by Gasteiger charge is -2.13. The Morgan fingerprint density at radius 3 is 1.96 bits per heavy atom. The van der Waals surface area contributed by atoms with E-state index < -0.39 is 0 Å². The molecule has 0 saturated heterocycles. The van der Waals surface area contributed by atoms with Gasteiger partial charge in [-0.3, -0.25) is 0 Å². The van der Waals surface area contributed by atoms with Crippen LogP contribution in [0, 0.1) is 6.92 Å². The summed E-state index contributed by atoms with van der Waals surface area (Å²) >= 11 is 0. The fourth-order valence-electron chi connectivity index (χ4n) is 9.07. The molecule has 0 bridgehead atoms. The first-order valence-electron chi connectivity index (χ1n) is 18.3. The van der Waals surface area contributed by atoms with Crippen LogP contribution in [0.2, 0.25) is 0 Å². The quantitative estimate of drug-likeness (QED) is 0.161. The van der Waals surface area contributed by atoms with Gasteiger partial charge in [0.05, 0.1) is 16.6 Å². The SMILES string of the molecule is C=C/C=C\c1c(C)n(-c2cc3c4c(cccc4c2)-c2ccccc2-3)c2ccc(-c3ccc4c(c3)c3ccc5ccccc5c3n4-c3ccccc3)cc12. The predicted molar refractivity (Wildman–Crippen MR) is 226 cm³/mol. The van der Waals surface area contributed by atoms with E-state index in [1.807, 2.05) is 6.08 Å². The summed E-state index contributed by atoms with van der Waals surface area (Å²) in [5, 5.41) is 8.85. The largest absolute Gasteiger partial charge is 0.313 e. The highest BCUT2D eigenvalue weighted by molar-refractivity contribution is 6.19. The molecule has 0 radical (unpaired) electrons. The number of hydrogen-bond acceptors (Lipinski definition) is 0. The molecule has 0 atom stereocenters. The summed E-state index contributed by atoms with van der Waals surface area (Å²) < 4.78 is 4.87. The van der Waals surface area contributed by atoms with Crippen LogP contribution in [-0.4, -0.2) is 9.13 Å². The molecular weight excluding hydrogens is 641 g/mol. The first-order valence-corrected chi connectivity index (χ1v) is 18.3. The lowest BCUT2D eigenvalue weighted by Crippen LogP contribution is -1.97. The predicted octanol–water partition coefficient (Wildman–Crippen LogP) is 13.9. The van der Waals surface area contributed by atoms with Crippen LogP contribution < -0.4 is 0 Å². The fraction of sp³-hybridized carbons (Fsp3) is 0.0196. The normalized spacial score (nSPS) is 12.2. The first-order chi connectivity index (χ1) is 26.2. The van der Waals surface area contributed by atoms with Crippen LogP contribution in [0.15, 0.2) is 176 Å². The summed E-state index contributed by atoms with van der Waals surface area (Å²) in [6, 6.07) is 58.2. The summed E-state index contributed by atoms with van der Waals surface area (Å²) in [6.07, 6.45) is 6.12. The molecule has 248 valence electrons. The van der Waals surface area contributed by atoms with E-state index in [4.69, 9.17) is 0 Å². The maximum Gasteiger partial charge on any atom is 0.0619 e. The van der Waals surface area contributed by atoms with Crippen molar-refractivity contribution in [2.75, 3.05) is 0 Å². The fourth-order valence-corrected chi connectivity index (χ4v) is 9.07. The standard InChI is InChI=1S/C51H34N2/c1-3-4-17-39-32(2)52(38-28-36-14-12-21-43-41-19-10-11-20-42(41)47(31-38)50(36)43)48-26-23-34(29-45(39)48)35-24-27-49-46(30-35)44-25-22-33-13-8-9-18-40(33)51(44)53(49)37-15-6-5-7-16-37/h3-31H,1H2,2H3/b17-4-. The van der Waals surface area contributed by atoms with Gasteiger partial charge in [0.1, 0.15) is 0 Å². The Kier molecular flexibility index (Phi) is 6.35. The van der Waals surface area contributed by atoms with Gasteiger partial charge < -0.3 is 9.13 Å². The van der Waals surface area contributed by atoms with Gasteiger partial charge in [0.2, 0.25) is 0 Å². The minimum absolute atomic E-state index is 1.17. The summed E-state index contributed by atoms with van der Waals surface area (Å²) in [7, 11) is 0. The molecule has 11 rings (SSSR count). The summed E-state index contributed by atoms with van der Waals surface area (Å²) in [5.41, 5.74) is 16.1. The maximum absolute atomic E-state index is 4.00. The van der Waals surface area contributed by atoms with E-state index in [0.717, 1.165) is 0 Å². The molecule has 2 nitrogen and oxygen atoms in total. The van der Waals surface area contributed by atoms with Crippen LogP contribution in [0.5, 0.6) is 0 Å². The lowest BCUT2D eigenvalue weighted by atomic mass is 9.99. The van der Waals surface area contributed by atoms with Gasteiger partial charge in [-0.05, 0) is 105 Å². The second kappa shape index (κ2) is 11.3. The second-order valence-corrected chi connectivity index (χ2v) is 14.2. The third kappa shape index (κ3) is 4.27. The second-order valence-electron chi connectivity index (χ2n) is 14.2. The summed E-state index contributed by atoms with van der Waals surface area (Å²) in [5.74, 6) is 0. The van der Waals surface area contributed by atoms with Gasteiger partial charge in [0.15, 0.2) is 0 Å². The van der Waals surface area contributed by atoms with Gasteiger partial charge in [-0.2, -0.15) is 0 Å². The topological polar surface area (TPSA) is 9.86 Å². The molecule has 0 spiro atoms. The molecule has 0 saturated carbocycles. The van der Waals surface area contributed by atoms with Gasteiger partial charge in [0.25, 0.3) is 0 Å². The van der Waals surface area contributed by atoms with E-state index in [-0.39, 0.29) is 0 Å². The maximum atomic E-state index is 4.00. The molecule has 2 heterocycles. The Balaban J connectivity index is 1.13. The van der Waals surface area contributed by atoms with Crippen molar-refractivity contribution in [1.29, 1.82) is 0 Å². The van der Waals surface area contributed by atoms with Gasteiger partial charge in [-0.15, -0.1) is 0 Å². The molecular formula is C51H34N2. The minimum atomic E-state index is 1.17. The van der Waals surface area contributed by atoms with Crippen LogP contribution >= 0.6 is 0 Å². The van der Waals surface area contributed by atoms with Crippen LogP contribution in [-0.2, 0) is 0 Å². The zero-order chi connectivity index (χ0) is 35.2. The van der Waals surface area contributed by atoms with Crippen molar-refractivity contribution in [2.24, 2.45) is 0 Å². The van der Waals surface area contributed by atoms with E-state index in [0.29, 0.717) is 0 Å². The Morgan fingerprint density at radius 2 is 1.15 bits per heavy atom. The van der Waals surface area contributed by atoms with Crippen molar-refractivity contribution >= 4 is 60.3 Å². The van der Waals surface area contributed by atoms with Crippen LogP contribution in [0.1, 0.15) is 11.3 Å². The number of fused-ring (bicyclic) bond motifs is 9. The highest BCUT2D eigenvalue weighted by atomic mass is 15.0. The molecule has 0 aliphatic heterocycles. The Bertz CT molecular complexity index is 3190. The number of rotatable bonds is 5. The van der Waals surface area contributed by atoms with Crippen LogP contribution in [0.4, 0.5) is 0 Å². The lowest BCUT2D eigenvalue weighted by molar-refractivity contribution is 1.05. The van der Waals surface area contributed by atoms with E-state index in [1.54, 1.807) is 0 Å². The Labute approximate surface area is 307 Å². The summed E-state index contributed by atoms with van der Waals surface area (Å²) in [4.78, 5) is 0. The number of hydrogen-bond donors (Lipinski definition) is 0. The molecule has 10 aromatic rings. The monoisotopic (exact) mass is 674 g/mol.